The highest BCUT2D eigenvalue weighted by Gasteiger charge is 2.54. The lowest BCUT2D eigenvalue weighted by atomic mass is 9.73. The third kappa shape index (κ3) is 3.13. The van der Waals surface area contributed by atoms with Gasteiger partial charge in [-0.1, -0.05) is 0 Å². The van der Waals surface area contributed by atoms with Gasteiger partial charge in [0, 0.05) is 36.7 Å². The van der Waals surface area contributed by atoms with Gasteiger partial charge in [0.05, 0.1) is 16.7 Å². The summed E-state index contributed by atoms with van der Waals surface area (Å²) in [5, 5.41) is 18.9. The Balaban J connectivity index is 1.47. The summed E-state index contributed by atoms with van der Waals surface area (Å²) in [4.78, 5) is 23.1. The minimum Gasteiger partial charge on any atom is -0.388 e. The number of hydrogen-bond donors (Lipinski definition) is 2. The molecule has 26 heavy (non-hydrogen) atoms. The normalized spacial score (nSPS) is 28.2. The van der Waals surface area contributed by atoms with Gasteiger partial charge in [0.1, 0.15) is 11.8 Å². The van der Waals surface area contributed by atoms with E-state index in [0.29, 0.717) is 31.6 Å². The van der Waals surface area contributed by atoms with Crippen molar-refractivity contribution >= 4 is 33.7 Å². The first-order valence-electron chi connectivity index (χ1n) is 8.70. The molecular weight excluding hydrogens is 372 g/mol. The molecule has 4 heterocycles. The van der Waals surface area contributed by atoms with E-state index in [0.717, 1.165) is 18.2 Å². The van der Waals surface area contributed by atoms with Gasteiger partial charge >= 0.3 is 0 Å². The Bertz CT molecular complexity index is 744. The van der Waals surface area contributed by atoms with Gasteiger partial charge in [0.15, 0.2) is 5.13 Å². The number of nitrogens with zero attached hydrogens (tertiary/aromatic N) is 3. The standard InChI is InChI=1S/C17H22N4O3S2/c1-16(20-13(22)12-10-25-11-19-12)4-8-24-17(14(16)23)2-6-21(7-3-17)15-18-5-9-26-15/h5,9-11,14,23H,2-4,6-8H2,1H3,(H,20,22)/t14-,16+/m1/s1. The second-order valence-corrected chi connectivity index (χ2v) is 8.70. The molecule has 4 rings (SSSR count). The maximum Gasteiger partial charge on any atom is 0.271 e. The summed E-state index contributed by atoms with van der Waals surface area (Å²) in [5.41, 5.74) is 0.661. The number of rotatable bonds is 3. The number of nitrogens with one attached hydrogen (secondary N) is 1. The molecule has 0 saturated carbocycles. The van der Waals surface area contributed by atoms with Crippen LogP contribution < -0.4 is 10.2 Å². The van der Waals surface area contributed by atoms with Crippen molar-refractivity contribution in [2.45, 2.75) is 43.4 Å². The van der Waals surface area contributed by atoms with E-state index in [2.05, 4.69) is 20.2 Å². The van der Waals surface area contributed by atoms with E-state index < -0.39 is 17.2 Å². The van der Waals surface area contributed by atoms with Crippen molar-refractivity contribution in [2.75, 3.05) is 24.6 Å². The molecule has 2 N–H and O–H groups in total. The van der Waals surface area contributed by atoms with Crippen LogP contribution in [0.1, 0.15) is 36.7 Å². The van der Waals surface area contributed by atoms with E-state index in [4.69, 9.17) is 4.74 Å². The number of aromatic nitrogens is 2. The third-order valence-electron chi connectivity index (χ3n) is 5.48. The third-order valence-corrected chi connectivity index (χ3v) is 6.90. The second-order valence-electron chi connectivity index (χ2n) is 7.11. The van der Waals surface area contributed by atoms with Gasteiger partial charge in [0.2, 0.25) is 0 Å². The van der Waals surface area contributed by atoms with Crippen molar-refractivity contribution in [1.29, 1.82) is 0 Å². The van der Waals surface area contributed by atoms with Crippen molar-refractivity contribution in [3.63, 3.8) is 0 Å². The second kappa shape index (κ2) is 6.88. The predicted molar refractivity (Wildman–Crippen MR) is 101 cm³/mol. The van der Waals surface area contributed by atoms with Crippen molar-refractivity contribution in [1.82, 2.24) is 15.3 Å². The molecule has 0 radical (unpaired) electrons. The zero-order chi connectivity index (χ0) is 18.2. The van der Waals surface area contributed by atoms with Crippen LogP contribution in [0.25, 0.3) is 0 Å². The topological polar surface area (TPSA) is 87.6 Å². The first-order chi connectivity index (χ1) is 12.5. The first kappa shape index (κ1) is 17.8. The van der Waals surface area contributed by atoms with E-state index in [-0.39, 0.29) is 5.91 Å². The average Bonchev–Trinajstić information content (AvgIpc) is 3.34. The van der Waals surface area contributed by atoms with Crippen LogP contribution in [0, 0.1) is 0 Å². The van der Waals surface area contributed by atoms with E-state index in [1.165, 1.54) is 11.3 Å². The van der Waals surface area contributed by atoms with Crippen LogP contribution in [0.4, 0.5) is 5.13 Å². The van der Waals surface area contributed by atoms with E-state index in [1.54, 1.807) is 28.4 Å². The summed E-state index contributed by atoms with van der Waals surface area (Å²) in [6.07, 6.45) is 3.01. The van der Waals surface area contributed by atoms with Crippen LogP contribution in [0.3, 0.4) is 0 Å². The average molecular weight is 395 g/mol. The van der Waals surface area contributed by atoms with Gasteiger partial charge in [-0.3, -0.25) is 4.79 Å². The maximum atomic E-state index is 12.5. The molecule has 2 aliphatic rings. The molecule has 1 amide bonds. The van der Waals surface area contributed by atoms with Crippen LogP contribution in [0.15, 0.2) is 22.5 Å². The molecule has 2 atom stereocenters. The van der Waals surface area contributed by atoms with Crippen LogP contribution in [0.2, 0.25) is 0 Å². The number of thiazole rings is 2. The molecule has 0 aliphatic carbocycles. The van der Waals surface area contributed by atoms with Gasteiger partial charge in [-0.25, -0.2) is 9.97 Å². The number of piperidine rings is 1. The number of anilines is 1. The fourth-order valence-electron chi connectivity index (χ4n) is 3.91. The smallest absolute Gasteiger partial charge is 0.271 e. The summed E-state index contributed by atoms with van der Waals surface area (Å²) in [7, 11) is 0. The summed E-state index contributed by atoms with van der Waals surface area (Å²) >= 11 is 3.00. The van der Waals surface area contributed by atoms with Crippen molar-refractivity contribution in [3.05, 3.63) is 28.2 Å². The van der Waals surface area contributed by atoms with Crippen molar-refractivity contribution in [2.24, 2.45) is 0 Å². The van der Waals surface area contributed by atoms with E-state index >= 15 is 0 Å². The first-order valence-corrected chi connectivity index (χ1v) is 10.5. The van der Waals surface area contributed by atoms with Gasteiger partial charge in [-0.05, 0) is 26.2 Å². The molecular formula is C17H22N4O3S2. The molecule has 7 nitrogen and oxygen atoms in total. The van der Waals surface area contributed by atoms with Crippen LogP contribution in [-0.2, 0) is 4.74 Å². The molecule has 2 aromatic heterocycles. The molecule has 140 valence electrons. The number of carbonyl (C=O) groups is 1. The van der Waals surface area contributed by atoms with E-state index in [9.17, 15) is 9.90 Å². The summed E-state index contributed by atoms with van der Waals surface area (Å²) in [6.45, 7) is 3.98. The summed E-state index contributed by atoms with van der Waals surface area (Å²) < 4.78 is 6.09. The highest BCUT2D eigenvalue weighted by atomic mass is 32.1. The van der Waals surface area contributed by atoms with Gasteiger partial charge < -0.3 is 20.1 Å². The van der Waals surface area contributed by atoms with Gasteiger partial charge in [-0.2, -0.15) is 0 Å². The Kier molecular flexibility index (Phi) is 4.72. The number of aliphatic hydroxyl groups excluding tert-OH is 1. The number of amides is 1. The fraction of sp³-hybridized carbons (Fsp3) is 0.588. The quantitative estimate of drug-likeness (QED) is 0.827. The zero-order valence-corrected chi connectivity index (χ0v) is 16.2. The molecule has 0 unspecified atom stereocenters. The summed E-state index contributed by atoms with van der Waals surface area (Å²) in [5.74, 6) is -0.245. The Morgan fingerprint density at radius 2 is 2.19 bits per heavy atom. The molecule has 2 fully saturated rings. The molecule has 1 spiro atoms. The highest BCUT2D eigenvalue weighted by Crippen LogP contribution is 2.41. The molecule has 9 heteroatoms. The van der Waals surface area contributed by atoms with Gasteiger partial charge in [-0.15, -0.1) is 22.7 Å². The number of ether oxygens (including phenoxy) is 1. The largest absolute Gasteiger partial charge is 0.388 e. The van der Waals surface area contributed by atoms with Crippen molar-refractivity contribution in [3.8, 4) is 0 Å². The predicted octanol–water partition coefficient (Wildman–Crippen LogP) is 1.91. The van der Waals surface area contributed by atoms with Crippen LogP contribution in [0.5, 0.6) is 0 Å². The SMILES string of the molecule is C[C@]1(NC(=O)c2cscn2)CCOC2(CCN(c3nccs3)CC2)[C@@H]1O. The summed E-state index contributed by atoms with van der Waals surface area (Å²) in [6, 6.07) is 0. The Labute approximate surface area is 160 Å². The minimum absolute atomic E-state index is 0.245. The minimum atomic E-state index is -0.773. The van der Waals surface area contributed by atoms with Gasteiger partial charge in [0.25, 0.3) is 5.91 Å². The molecule has 0 bridgehead atoms. The lowest BCUT2D eigenvalue weighted by Gasteiger charge is -2.53. The van der Waals surface area contributed by atoms with Crippen LogP contribution in [-0.4, -0.2) is 57.9 Å². The Hall–Kier alpha value is -1.55. The Morgan fingerprint density at radius 3 is 2.85 bits per heavy atom. The number of carbonyl (C=O) groups excluding carboxylic acids is 1. The molecule has 2 aromatic rings. The maximum absolute atomic E-state index is 12.5. The van der Waals surface area contributed by atoms with E-state index in [1.807, 2.05) is 12.3 Å². The lowest BCUT2D eigenvalue weighted by molar-refractivity contribution is -0.195. The van der Waals surface area contributed by atoms with Crippen molar-refractivity contribution < 1.29 is 14.6 Å². The molecule has 0 aromatic carbocycles. The Morgan fingerprint density at radius 1 is 1.38 bits per heavy atom. The highest BCUT2D eigenvalue weighted by molar-refractivity contribution is 7.13. The molecule has 2 aliphatic heterocycles. The lowest BCUT2D eigenvalue weighted by Crippen LogP contribution is -2.69. The monoisotopic (exact) mass is 394 g/mol. The zero-order valence-electron chi connectivity index (χ0n) is 14.6. The fourth-order valence-corrected chi connectivity index (χ4v) is 5.14. The number of aliphatic hydroxyl groups is 1. The molecule has 2 saturated heterocycles. The van der Waals surface area contributed by atoms with Crippen LogP contribution >= 0.6 is 22.7 Å². The number of hydrogen-bond acceptors (Lipinski definition) is 8.